The summed E-state index contributed by atoms with van der Waals surface area (Å²) < 4.78 is 0. The Morgan fingerprint density at radius 2 is 2.09 bits per heavy atom. The van der Waals surface area contributed by atoms with Crippen LogP contribution in [0.1, 0.15) is 51.6 Å². The third-order valence-corrected chi connectivity index (χ3v) is 5.41. The zero-order valence-electron chi connectivity index (χ0n) is 13.1. The Balaban J connectivity index is 1.62. The molecular formula is C17H21N3OS. The van der Waals surface area contributed by atoms with Crippen molar-refractivity contribution in [2.45, 2.75) is 39.0 Å². The highest BCUT2D eigenvalue weighted by Crippen LogP contribution is 2.30. The average molecular weight is 315 g/mol. The average Bonchev–Trinajstić information content (AvgIpc) is 3.03. The molecule has 5 heteroatoms. The van der Waals surface area contributed by atoms with E-state index in [9.17, 15) is 4.79 Å². The maximum absolute atomic E-state index is 12.5. The van der Waals surface area contributed by atoms with Crippen molar-refractivity contribution in [3.8, 4) is 0 Å². The number of hydrogen-bond donors (Lipinski definition) is 0. The maximum Gasteiger partial charge on any atom is 0.253 e. The lowest BCUT2D eigenvalue weighted by Crippen LogP contribution is -2.37. The Bertz CT molecular complexity index is 659. The van der Waals surface area contributed by atoms with Gasteiger partial charge in [-0.15, -0.1) is 21.5 Å². The van der Waals surface area contributed by atoms with Crippen LogP contribution in [0.2, 0.25) is 0 Å². The lowest BCUT2D eigenvalue weighted by atomic mass is 9.97. The van der Waals surface area contributed by atoms with Crippen molar-refractivity contribution in [3.63, 3.8) is 0 Å². The molecule has 1 aliphatic rings. The minimum atomic E-state index is 0.147. The van der Waals surface area contributed by atoms with Crippen LogP contribution in [-0.2, 0) is 6.42 Å². The molecule has 1 fully saturated rings. The first-order valence-electron chi connectivity index (χ1n) is 7.85. The number of benzene rings is 1. The number of aromatic nitrogens is 2. The Kier molecular flexibility index (Phi) is 4.52. The second-order valence-electron chi connectivity index (χ2n) is 5.82. The molecule has 116 valence electrons. The van der Waals surface area contributed by atoms with Gasteiger partial charge in [0.05, 0.1) is 0 Å². The number of amides is 1. The van der Waals surface area contributed by atoms with Gasteiger partial charge in [-0.05, 0) is 38.3 Å². The third kappa shape index (κ3) is 3.19. The molecule has 0 radical (unpaired) electrons. The molecule has 2 heterocycles. The molecule has 22 heavy (non-hydrogen) atoms. The molecule has 1 aliphatic heterocycles. The normalized spacial score (nSPS) is 16.0. The van der Waals surface area contributed by atoms with Gasteiger partial charge in [-0.25, -0.2) is 0 Å². The van der Waals surface area contributed by atoms with Crippen LogP contribution >= 0.6 is 11.3 Å². The van der Waals surface area contributed by atoms with Gasteiger partial charge >= 0.3 is 0 Å². The van der Waals surface area contributed by atoms with Crippen LogP contribution in [0.5, 0.6) is 0 Å². The molecule has 1 aromatic heterocycles. The van der Waals surface area contributed by atoms with Gasteiger partial charge in [-0.2, -0.15) is 0 Å². The van der Waals surface area contributed by atoms with Crippen molar-refractivity contribution >= 4 is 17.2 Å². The summed E-state index contributed by atoms with van der Waals surface area (Å²) in [5.41, 5.74) is 1.92. The van der Waals surface area contributed by atoms with Crippen LogP contribution in [-0.4, -0.2) is 34.1 Å². The van der Waals surface area contributed by atoms with Crippen LogP contribution in [0.25, 0.3) is 0 Å². The zero-order chi connectivity index (χ0) is 15.5. The summed E-state index contributed by atoms with van der Waals surface area (Å²) >= 11 is 1.72. The third-order valence-electron chi connectivity index (χ3n) is 4.18. The lowest BCUT2D eigenvalue weighted by molar-refractivity contribution is 0.0712. The molecule has 0 atom stereocenters. The molecule has 1 saturated heterocycles. The van der Waals surface area contributed by atoms with Gasteiger partial charge in [0.15, 0.2) is 0 Å². The van der Waals surface area contributed by atoms with Gasteiger partial charge in [0.1, 0.15) is 10.0 Å². The van der Waals surface area contributed by atoms with Gasteiger partial charge in [-0.1, -0.05) is 24.6 Å². The number of hydrogen-bond acceptors (Lipinski definition) is 4. The van der Waals surface area contributed by atoms with E-state index < -0.39 is 0 Å². The quantitative estimate of drug-likeness (QED) is 0.872. The summed E-state index contributed by atoms with van der Waals surface area (Å²) in [6.07, 6.45) is 2.91. The van der Waals surface area contributed by atoms with Crippen molar-refractivity contribution in [2.75, 3.05) is 13.1 Å². The maximum atomic E-state index is 12.5. The van der Waals surface area contributed by atoms with E-state index in [0.717, 1.165) is 53.5 Å². The molecule has 1 amide bonds. The topological polar surface area (TPSA) is 46.1 Å². The predicted octanol–water partition coefficient (Wildman–Crippen LogP) is 3.43. The van der Waals surface area contributed by atoms with E-state index >= 15 is 0 Å². The van der Waals surface area contributed by atoms with Crippen molar-refractivity contribution < 1.29 is 4.79 Å². The molecule has 0 unspecified atom stereocenters. The van der Waals surface area contributed by atoms with Crippen LogP contribution < -0.4 is 0 Å². The summed E-state index contributed by atoms with van der Waals surface area (Å²) in [5, 5.41) is 10.8. The van der Waals surface area contributed by atoms with Crippen LogP contribution in [0.3, 0.4) is 0 Å². The number of nitrogens with zero attached hydrogens (tertiary/aromatic N) is 3. The summed E-state index contributed by atoms with van der Waals surface area (Å²) in [6.45, 7) is 5.73. The molecular weight excluding hydrogens is 294 g/mol. The first kappa shape index (κ1) is 15.2. The Labute approximate surface area is 135 Å². The van der Waals surface area contributed by atoms with Gasteiger partial charge < -0.3 is 4.90 Å². The van der Waals surface area contributed by atoms with E-state index in [-0.39, 0.29) is 5.91 Å². The van der Waals surface area contributed by atoms with Gasteiger partial charge in [0, 0.05) is 24.6 Å². The zero-order valence-corrected chi connectivity index (χ0v) is 13.9. The molecule has 1 aromatic carbocycles. The first-order valence-corrected chi connectivity index (χ1v) is 8.67. The summed E-state index contributed by atoms with van der Waals surface area (Å²) in [7, 11) is 0. The van der Waals surface area contributed by atoms with E-state index in [4.69, 9.17) is 0 Å². The van der Waals surface area contributed by atoms with E-state index in [2.05, 4.69) is 17.1 Å². The fourth-order valence-electron chi connectivity index (χ4n) is 2.86. The number of carbonyl (C=O) groups excluding carboxylic acids is 1. The minimum Gasteiger partial charge on any atom is -0.339 e. The van der Waals surface area contributed by atoms with Gasteiger partial charge in [0.2, 0.25) is 0 Å². The number of aryl methyl sites for hydroxylation is 2. The Hall–Kier alpha value is -1.75. The number of likely N-dealkylation sites (tertiary alicyclic amines) is 1. The highest BCUT2D eigenvalue weighted by Gasteiger charge is 2.26. The number of piperidine rings is 1. The molecule has 0 saturated carbocycles. The molecule has 4 nitrogen and oxygen atoms in total. The van der Waals surface area contributed by atoms with Crippen LogP contribution in [0.15, 0.2) is 24.3 Å². The van der Waals surface area contributed by atoms with E-state index in [0.29, 0.717) is 5.92 Å². The van der Waals surface area contributed by atoms with E-state index in [1.807, 2.05) is 36.1 Å². The highest BCUT2D eigenvalue weighted by molar-refractivity contribution is 7.11. The van der Waals surface area contributed by atoms with Crippen molar-refractivity contribution in [1.82, 2.24) is 15.1 Å². The molecule has 3 rings (SSSR count). The molecule has 0 aliphatic carbocycles. The van der Waals surface area contributed by atoms with E-state index in [1.165, 1.54) is 0 Å². The van der Waals surface area contributed by atoms with Crippen molar-refractivity contribution in [3.05, 3.63) is 45.4 Å². The molecule has 2 aromatic rings. The molecule has 0 bridgehead atoms. The Morgan fingerprint density at radius 1 is 1.32 bits per heavy atom. The van der Waals surface area contributed by atoms with E-state index in [1.54, 1.807) is 11.3 Å². The van der Waals surface area contributed by atoms with Crippen LogP contribution in [0, 0.1) is 6.92 Å². The largest absolute Gasteiger partial charge is 0.339 e. The smallest absolute Gasteiger partial charge is 0.253 e. The summed E-state index contributed by atoms with van der Waals surface area (Å²) in [5.74, 6) is 0.605. The van der Waals surface area contributed by atoms with Crippen LogP contribution in [0.4, 0.5) is 0 Å². The van der Waals surface area contributed by atoms with Crippen molar-refractivity contribution in [2.24, 2.45) is 0 Å². The fourth-order valence-corrected chi connectivity index (χ4v) is 3.82. The predicted molar refractivity (Wildman–Crippen MR) is 88.3 cm³/mol. The highest BCUT2D eigenvalue weighted by atomic mass is 32.1. The summed E-state index contributed by atoms with van der Waals surface area (Å²) in [6, 6.07) is 7.83. The summed E-state index contributed by atoms with van der Waals surface area (Å²) in [4.78, 5) is 14.5. The number of rotatable bonds is 3. The lowest BCUT2D eigenvalue weighted by Gasteiger charge is -2.31. The minimum absolute atomic E-state index is 0.147. The number of carbonyl (C=O) groups is 1. The monoisotopic (exact) mass is 315 g/mol. The first-order chi connectivity index (χ1) is 10.7. The fraction of sp³-hybridized carbons (Fsp3) is 0.471. The van der Waals surface area contributed by atoms with Gasteiger partial charge in [0.25, 0.3) is 5.91 Å². The van der Waals surface area contributed by atoms with Gasteiger partial charge in [-0.3, -0.25) is 4.79 Å². The SMILES string of the molecule is CCc1nnc(C2CCN(C(=O)c3cccc(C)c3)CC2)s1. The second-order valence-corrected chi connectivity index (χ2v) is 6.92. The molecule has 0 spiro atoms. The van der Waals surface area contributed by atoms with Crippen molar-refractivity contribution in [1.29, 1.82) is 0 Å². The second kappa shape index (κ2) is 6.57. The Morgan fingerprint density at radius 3 is 2.73 bits per heavy atom. The molecule has 0 N–H and O–H groups in total. The standard InChI is InChI=1S/C17H21N3OS/c1-3-15-18-19-16(22-15)13-7-9-20(10-8-13)17(21)14-6-4-5-12(2)11-14/h4-6,11,13H,3,7-10H2,1-2H3.